The summed E-state index contributed by atoms with van der Waals surface area (Å²) in [4.78, 5) is 10.9. The Bertz CT molecular complexity index is 504. The zero-order valence-corrected chi connectivity index (χ0v) is 14.0. The summed E-state index contributed by atoms with van der Waals surface area (Å²) in [6, 6.07) is 1.47. The number of likely N-dealkylation sites (tertiary alicyclic amines) is 1. The van der Waals surface area contributed by atoms with E-state index < -0.39 is 5.82 Å². The van der Waals surface area contributed by atoms with Crippen molar-refractivity contribution in [2.75, 3.05) is 30.8 Å². The zero-order chi connectivity index (χ0) is 16.1. The van der Waals surface area contributed by atoms with Crippen LogP contribution in [-0.4, -0.2) is 47.1 Å². The zero-order valence-electron chi connectivity index (χ0n) is 14.0. The molecule has 6 heteroatoms. The Kier molecular flexibility index (Phi) is 5.65. The third-order valence-electron chi connectivity index (χ3n) is 5.21. The van der Waals surface area contributed by atoms with E-state index in [0.717, 1.165) is 19.0 Å². The van der Waals surface area contributed by atoms with Crippen LogP contribution in [-0.2, 0) is 0 Å². The van der Waals surface area contributed by atoms with Crippen molar-refractivity contribution in [1.82, 2.24) is 14.9 Å². The molecule has 23 heavy (non-hydrogen) atoms. The molecular weight excluding hydrogens is 293 g/mol. The van der Waals surface area contributed by atoms with Gasteiger partial charge in [-0.25, -0.2) is 9.37 Å². The Hall–Kier alpha value is -1.43. The highest BCUT2D eigenvalue weighted by Crippen LogP contribution is 2.30. The average Bonchev–Trinajstić information content (AvgIpc) is 3.11. The summed E-state index contributed by atoms with van der Waals surface area (Å²) in [5.41, 5.74) is 0. The standard InChI is InChI=1S/C17H28FN5/c1-19-16-15(18)12-21-17(22-16)20-10-9-14-8-4-5-11-23(14)13-6-2-3-7-13/h12-14H,2-11H2,1H3,(H2,19,20,21,22). The van der Waals surface area contributed by atoms with Crippen molar-refractivity contribution < 1.29 is 4.39 Å². The maximum absolute atomic E-state index is 13.4. The largest absolute Gasteiger partial charge is 0.371 e. The minimum atomic E-state index is -0.419. The second-order valence-electron chi connectivity index (χ2n) is 6.68. The van der Waals surface area contributed by atoms with E-state index in [9.17, 15) is 4.39 Å². The maximum atomic E-state index is 13.4. The van der Waals surface area contributed by atoms with Gasteiger partial charge in [-0.2, -0.15) is 4.98 Å². The lowest BCUT2D eigenvalue weighted by Gasteiger charge is -2.40. The van der Waals surface area contributed by atoms with Crippen LogP contribution in [0.15, 0.2) is 6.20 Å². The number of rotatable bonds is 6. The van der Waals surface area contributed by atoms with Gasteiger partial charge in [0.15, 0.2) is 11.6 Å². The lowest BCUT2D eigenvalue weighted by atomic mass is 9.96. The molecule has 0 spiro atoms. The molecule has 3 rings (SSSR count). The summed E-state index contributed by atoms with van der Waals surface area (Å²) >= 11 is 0. The summed E-state index contributed by atoms with van der Waals surface area (Å²) in [5, 5.41) is 5.99. The molecule has 2 heterocycles. The number of anilines is 2. The molecule has 2 N–H and O–H groups in total. The van der Waals surface area contributed by atoms with Crippen LogP contribution in [0, 0.1) is 5.82 Å². The molecule has 1 unspecified atom stereocenters. The van der Waals surface area contributed by atoms with E-state index in [1.54, 1.807) is 7.05 Å². The second-order valence-corrected chi connectivity index (χ2v) is 6.68. The molecule has 1 saturated carbocycles. The molecule has 2 aliphatic rings. The third-order valence-corrected chi connectivity index (χ3v) is 5.21. The van der Waals surface area contributed by atoms with Crippen molar-refractivity contribution in [2.24, 2.45) is 0 Å². The molecule has 1 atom stereocenters. The van der Waals surface area contributed by atoms with Gasteiger partial charge >= 0.3 is 0 Å². The smallest absolute Gasteiger partial charge is 0.224 e. The van der Waals surface area contributed by atoms with Crippen LogP contribution in [0.5, 0.6) is 0 Å². The van der Waals surface area contributed by atoms with Crippen LogP contribution in [0.25, 0.3) is 0 Å². The van der Waals surface area contributed by atoms with Gasteiger partial charge in [-0.15, -0.1) is 0 Å². The highest BCUT2D eigenvalue weighted by atomic mass is 19.1. The molecular formula is C17H28FN5. The predicted octanol–water partition coefficient (Wildman–Crippen LogP) is 3.26. The fourth-order valence-corrected chi connectivity index (χ4v) is 4.03. The number of hydrogen-bond donors (Lipinski definition) is 2. The van der Waals surface area contributed by atoms with Crippen molar-refractivity contribution in [3.63, 3.8) is 0 Å². The van der Waals surface area contributed by atoms with Crippen LogP contribution in [0.2, 0.25) is 0 Å². The van der Waals surface area contributed by atoms with Crippen LogP contribution in [0.4, 0.5) is 16.2 Å². The Morgan fingerprint density at radius 2 is 2.00 bits per heavy atom. The number of halogens is 1. The molecule has 0 aromatic carbocycles. The molecule has 2 fully saturated rings. The molecule has 1 saturated heterocycles. The van der Waals surface area contributed by atoms with Crippen LogP contribution >= 0.6 is 0 Å². The van der Waals surface area contributed by atoms with E-state index in [1.807, 2.05) is 0 Å². The minimum absolute atomic E-state index is 0.243. The molecule has 1 aromatic rings. The SMILES string of the molecule is CNc1nc(NCCC2CCCCN2C2CCCC2)ncc1F. The first kappa shape index (κ1) is 16.4. The van der Waals surface area contributed by atoms with Crippen LogP contribution in [0.3, 0.4) is 0 Å². The van der Waals surface area contributed by atoms with Gasteiger partial charge in [0.1, 0.15) is 0 Å². The van der Waals surface area contributed by atoms with Crippen molar-refractivity contribution in [3.8, 4) is 0 Å². The summed E-state index contributed by atoms with van der Waals surface area (Å²) in [6.45, 7) is 2.09. The van der Waals surface area contributed by atoms with Gasteiger partial charge in [-0.1, -0.05) is 19.3 Å². The molecule has 0 radical (unpaired) electrons. The monoisotopic (exact) mass is 321 g/mol. The Labute approximate surface area is 138 Å². The molecule has 0 amide bonds. The number of piperidine rings is 1. The fourth-order valence-electron chi connectivity index (χ4n) is 4.03. The first-order valence-corrected chi connectivity index (χ1v) is 8.98. The predicted molar refractivity (Wildman–Crippen MR) is 91.2 cm³/mol. The van der Waals surface area contributed by atoms with Crippen molar-refractivity contribution in [1.29, 1.82) is 0 Å². The van der Waals surface area contributed by atoms with E-state index in [2.05, 4.69) is 25.5 Å². The fraction of sp³-hybridized carbons (Fsp3) is 0.765. The molecule has 1 aliphatic heterocycles. The Morgan fingerprint density at radius 1 is 1.22 bits per heavy atom. The second kappa shape index (κ2) is 7.90. The van der Waals surface area contributed by atoms with Gasteiger partial charge < -0.3 is 10.6 Å². The first-order valence-electron chi connectivity index (χ1n) is 8.98. The van der Waals surface area contributed by atoms with E-state index in [0.29, 0.717) is 12.0 Å². The van der Waals surface area contributed by atoms with Crippen molar-refractivity contribution in [3.05, 3.63) is 12.0 Å². The molecule has 0 bridgehead atoms. The Balaban J connectivity index is 1.52. The lowest BCUT2D eigenvalue weighted by molar-refractivity contribution is 0.0933. The number of nitrogens with one attached hydrogen (secondary N) is 2. The number of aromatic nitrogens is 2. The molecule has 1 aromatic heterocycles. The van der Waals surface area contributed by atoms with Gasteiger partial charge in [0.05, 0.1) is 6.20 Å². The van der Waals surface area contributed by atoms with Crippen LogP contribution < -0.4 is 10.6 Å². The first-order chi connectivity index (χ1) is 11.3. The highest BCUT2D eigenvalue weighted by Gasteiger charge is 2.30. The van der Waals surface area contributed by atoms with Crippen LogP contribution in [0.1, 0.15) is 51.4 Å². The topological polar surface area (TPSA) is 53.1 Å². The van der Waals surface area contributed by atoms with E-state index in [1.165, 1.54) is 57.7 Å². The van der Waals surface area contributed by atoms with Gasteiger partial charge in [-0.3, -0.25) is 4.90 Å². The van der Waals surface area contributed by atoms with E-state index in [-0.39, 0.29) is 5.82 Å². The number of hydrogen-bond acceptors (Lipinski definition) is 5. The summed E-state index contributed by atoms with van der Waals surface area (Å²) in [7, 11) is 1.66. The van der Waals surface area contributed by atoms with Crippen molar-refractivity contribution >= 4 is 11.8 Å². The van der Waals surface area contributed by atoms with Gasteiger partial charge in [-0.05, 0) is 38.6 Å². The van der Waals surface area contributed by atoms with E-state index in [4.69, 9.17) is 0 Å². The van der Waals surface area contributed by atoms with Gasteiger partial charge in [0.2, 0.25) is 5.95 Å². The van der Waals surface area contributed by atoms with E-state index >= 15 is 0 Å². The molecule has 1 aliphatic carbocycles. The summed E-state index contributed by atoms with van der Waals surface area (Å²) < 4.78 is 13.4. The highest BCUT2D eigenvalue weighted by molar-refractivity contribution is 5.40. The molecule has 5 nitrogen and oxygen atoms in total. The van der Waals surface area contributed by atoms with Gasteiger partial charge in [0, 0.05) is 25.7 Å². The summed E-state index contributed by atoms with van der Waals surface area (Å²) in [6.07, 6.45) is 11.8. The Morgan fingerprint density at radius 3 is 2.78 bits per heavy atom. The van der Waals surface area contributed by atoms with Gasteiger partial charge in [0.25, 0.3) is 0 Å². The quantitative estimate of drug-likeness (QED) is 0.842. The summed E-state index contributed by atoms with van der Waals surface area (Å²) in [5.74, 6) is 0.324. The minimum Gasteiger partial charge on any atom is -0.371 e. The maximum Gasteiger partial charge on any atom is 0.224 e. The average molecular weight is 321 g/mol. The van der Waals surface area contributed by atoms with Crippen molar-refractivity contribution in [2.45, 2.75) is 63.5 Å². The normalized spacial score (nSPS) is 23.1. The molecule has 128 valence electrons. The lowest BCUT2D eigenvalue weighted by Crippen LogP contribution is -2.45. The third kappa shape index (κ3) is 4.10. The number of nitrogens with zero attached hydrogens (tertiary/aromatic N) is 3.